The molecule has 2 aromatic rings. The Labute approximate surface area is 115 Å². The summed E-state index contributed by atoms with van der Waals surface area (Å²) >= 11 is 3.33. The number of rotatable bonds is 3. The first-order valence-corrected chi connectivity index (χ1v) is 7.00. The molecule has 4 heteroatoms. The molecule has 0 aliphatic heterocycles. The van der Waals surface area contributed by atoms with Crippen LogP contribution in [0.2, 0.25) is 0 Å². The zero-order valence-electron chi connectivity index (χ0n) is 10.5. The first-order chi connectivity index (χ1) is 8.65. The molecule has 1 aromatic carbocycles. The quantitative estimate of drug-likeness (QED) is 0.817. The van der Waals surface area contributed by atoms with E-state index in [0.29, 0.717) is 5.33 Å². The summed E-state index contributed by atoms with van der Waals surface area (Å²) in [4.78, 5) is 11.8. The Morgan fingerprint density at radius 3 is 2.50 bits per heavy atom. The summed E-state index contributed by atoms with van der Waals surface area (Å²) in [5, 5.41) is 4.83. The van der Waals surface area contributed by atoms with Crippen LogP contribution in [-0.2, 0) is 18.8 Å². The van der Waals surface area contributed by atoms with Gasteiger partial charge >= 0.3 is 0 Å². The third kappa shape index (κ3) is 2.53. The third-order valence-corrected chi connectivity index (χ3v) is 3.54. The van der Waals surface area contributed by atoms with E-state index in [1.165, 1.54) is 10.2 Å². The van der Waals surface area contributed by atoms with Gasteiger partial charge in [-0.25, -0.2) is 4.68 Å². The molecule has 0 N–H and O–H groups in total. The van der Waals surface area contributed by atoms with Gasteiger partial charge in [0.25, 0.3) is 5.56 Å². The van der Waals surface area contributed by atoms with E-state index in [1.54, 1.807) is 7.05 Å². The molecule has 18 heavy (non-hydrogen) atoms. The van der Waals surface area contributed by atoms with Gasteiger partial charge in [0.1, 0.15) is 0 Å². The highest BCUT2D eigenvalue weighted by Gasteiger charge is 2.06. The van der Waals surface area contributed by atoms with E-state index in [9.17, 15) is 4.79 Å². The van der Waals surface area contributed by atoms with Gasteiger partial charge in [-0.15, -0.1) is 0 Å². The largest absolute Gasteiger partial charge is 0.270 e. The number of aromatic nitrogens is 2. The van der Waals surface area contributed by atoms with Crippen LogP contribution < -0.4 is 5.56 Å². The maximum atomic E-state index is 11.8. The summed E-state index contributed by atoms with van der Waals surface area (Å²) in [6.07, 6.45) is 1.02. The molecule has 0 aliphatic carbocycles. The summed E-state index contributed by atoms with van der Waals surface area (Å²) in [5.41, 5.74) is 3.83. The molecule has 1 aromatic heterocycles. The van der Waals surface area contributed by atoms with Crippen LogP contribution >= 0.6 is 15.9 Å². The number of halogens is 1. The van der Waals surface area contributed by atoms with Gasteiger partial charge in [-0.05, 0) is 18.1 Å². The fourth-order valence-electron chi connectivity index (χ4n) is 1.82. The van der Waals surface area contributed by atoms with Crippen LogP contribution in [0.3, 0.4) is 0 Å². The Morgan fingerprint density at radius 1 is 1.28 bits per heavy atom. The van der Waals surface area contributed by atoms with Crippen molar-refractivity contribution >= 4 is 15.9 Å². The average molecular weight is 307 g/mol. The van der Waals surface area contributed by atoms with Crippen molar-refractivity contribution in [1.29, 1.82) is 0 Å². The van der Waals surface area contributed by atoms with Crippen LogP contribution in [-0.4, -0.2) is 9.78 Å². The predicted octanol–water partition coefficient (Wildman–Crippen LogP) is 2.90. The Morgan fingerprint density at radius 2 is 1.94 bits per heavy atom. The maximum absolute atomic E-state index is 11.8. The normalized spacial score (nSPS) is 10.6. The average Bonchev–Trinajstić information content (AvgIpc) is 2.42. The fourth-order valence-corrected chi connectivity index (χ4v) is 2.22. The zero-order chi connectivity index (χ0) is 13.1. The van der Waals surface area contributed by atoms with Crippen molar-refractivity contribution in [3.63, 3.8) is 0 Å². The third-order valence-electron chi connectivity index (χ3n) is 2.94. The highest BCUT2D eigenvalue weighted by Crippen LogP contribution is 2.18. The van der Waals surface area contributed by atoms with E-state index >= 15 is 0 Å². The molecule has 2 rings (SSSR count). The van der Waals surface area contributed by atoms with E-state index < -0.39 is 0 Å². The van der Waals surface area contributed by atoms with Crippen LogP contribution in [0.15, 0.2) is 35.1 Å². The molecule has 0 bridgehead atoms. The van der Waals surface area contributed by atoms with E-state index in [0.717, 1.165) is 23.2 Å². The minimum atomic E-state index is -0.0548. The second-order valence-corrected chi connectivity index (χ2v) is 4.73. The molecule has 94 valence electrons. The molecule has 0 unspecified atom stereocenters. The van der Waals surface area contributed by atoms with Crippen LogP contribution in [0, 0.1) is 0 Å². The minimum absolute atomic E-state index is 0.0548. The molecule has 0 aliphatic rings. The number of alkyl halides is 1. The van der Waals surface area contributed by atoms with Gasteiger partial charge < -0.3 is 0 Å². The van der Waals surface area contributed by atoms with Crippen molar-refractivity contribution in [2.45, 2.75) is 18.7 Å². The van der Waals surface area contributed by atoms with Gasteiger partial charge in [0.15, 0.2) is 0 Å². The predicted molar refractivity (Wildman–Crippen MR) is 76.9 cm³/mol. The first-order valence-electron chi connectivity index (χ1n) is 5.88. The first kappa shape index (κ1) is 13.0. The molecule has 0 amide bonds. The van der Waals surface area contributed by atoms with Crippen molar-refractivity contribution in [1.82, 2.24) is 9.78 Å². The molecule has 1 heterocycles. The number of hydrogen-bond donors (Lipinski definition) is 0. The van der Waals surface area contributed by atoms with Crippen LogP contribution in [0.25, 0.3) is 11.3 Å². The second kappa shape index (κ2) is 5.48. The van der Waals surface area contributed by atoms with Crippen LogP contribution in [0.4, 0.5) is 0 Å². The van der Waals surface area contributed by atoms with E-state index in [2.05, 4.69) is 40.1 Å². The molecule has 0 atom stereocenters. The molecule has 0 spiro atoms. The van der Waals surface area contributed by atoms with E-state index in [-0.39, 0.29) is 5.56 Å². The smallest absolute Gasteiger partial charge is 0.267 e. The lowest BCUT2D eigenvalue weighted by molar-refractivity contribution is 0.704. The van der Waals surface area contributed by atoms with E-state index in [4.69, 9.17) is 0 Å². The minimum Gasteiger partial charge on any atom is -0.267 e. The Balaban J connectivity index is 2.50. The number of benzene rings is 1. The molecule has 3 nitrogen and oxygen atoms in total. The monoisotopic (exact) mass is 306 g/mol. The van der Waals surface area contributed by atoms with Crippen LogP contribution in [0.5, 0.6) is 0 Å². The Kier molecular flexibility index (Phi) is 3.97. The van der Waals surface area contributed by atoms with Crippen molar-refractivity contribution < 1.29 is 0 Å². The van der Waals surface area contributed by atoms with Gasteiger partial charge in [0.2, 0.25) is 0 Å². The van der Waals surface area contributed by atoms with E-state index in [1.807, 2.05) is 18.2 Å². The second-order valence-electron chi connectivity index (χ2n) is 4.17. The molecule has 0 fully saturated rings. The van der Waals surface area contributed by atoms with Gasteiger partial charge in [-0.3, -0.25) is 4.79 Å². The van der Waals surface area contributed by atoms with Gasteiger partial charge in [0.05, 0.1) is 5.69 Å². The van der Waals surface area contributed by atoms with Gasteiger partial charge in [0, 0.05) is 23.5 Å². The van der Waals surface area contributed by atoms with Crippen molar-refractivity contribution in [2.75, 3.05) is 0 Å². The van der Waals surface area contributed by atoms with Crippen LogP contribution in [0.1, 0.15) is 18.1 Å². The number of hydrogen-bond acceptors (Lipinski definition) is 2. The highest BCUT2D eigenvalue weighted by atomic mass is 79.9. The van der Waals surface area contributed by atoms with Gasteiger partial charge in [-0.1, -0.05) is 47.1 Å². The molecular formula is C14H15BrN2O. The zero-order valence-corrected chi connectivity index (χ0v) is 12.1. The Bertz CT molecular complexity index is 602. The van der Waals surface area contributed by atoms with Crippen molar-refractivity contribution in [3.05, 3.63) is 51.8 Å². The summed E-state index contributed by atoms with van der Waals surface area (Å²) in [5.74, 6) is 0. The molecule has 0 radical (unpaired) electrons. The number of aryl methyl sites for hydroxylation is 2. The SMILES string of the molecule is CCc1ccc(-c2cc(CBr)c(=O)n(C)n2)cc1. The lowest BCUT2D eigenvalue weighted by Crippen LogP contribution is -2.23. The molecule has 0 saturated heterocycles. The number of nitrogens with zero attached hydrogens (tertiary/aromatic N) is 2. The molecular weight excluding hydrogens is 292 g/mol. The summed E-state index contributed by atoms with van der Waals surface area (Å²) in [6, 6.07) is 10.1. The maximum Gasteiger partial charge on any atom is 0.270 e. The van der Waals surface area contributed by atoms with Crippen molar-refractivity contribution in [3.8, 4) is 11.3 Å². The Hall–Kier alpha value is -1.42. The highest BCUT2D eigenvalue weighted by molar-refractivity contribution is 9.08. The summed E-state index contributed by atoms with van der Waals surface area (Å²) in [7, 11) is 1.68. The summed E-state index contributed by atoms with van der Waals surface area (Å²) < 4.78 is 1.39. The lowest BCUT2D eigenvalue weighted by Gasteiger charge is -2.06. The fraction of sp³-hybridized carbons (Fsp3) is 0.286. The molecule has 0 saturated carbocycles. The topological polar surface area (TPSA) is 34.9 Å². The lowest BCUT2D eigenvalue weighted by atomic mass is 10.1. The van der Waals surface area contributed by atoms with Crippen molar-refractivity contribution in [2.24, 2.45) is 7.05 Å². The van der Waals surface area contributed by atoms with Gasteiger partial charge in [-0.2, -0.15) is 5.10 Å². The standard InChI is InChI=1S/C14H15BrN2O/c1-3-10-4-6-11(7-5-10)13-8-12(9-15)14(18)17(2)16-13/h4-8H,3,9H2,1-2H3. The summed E-state index contributed by atoms with van der Waals surface area (Å²) in [6.45, 7) is 2.13.